The predicted molar refractivity (Wildman–Crippen MR) is 160 cm³/mol. The highest BCUT2D eigenvalue weighted by Gasteiger charge is 2.42. The first-order valence-corrected chi connectivity index (χ1v) is 14.9. The van der Waals surface area contributed by atoms with Crippen molar-refractivity contribution in [1.82, 2.24) is 26.2 Å². The van der Waals surface area contributed by atoms with Gasteiger partial charge in [0.25, 0.3) is 0 Å². The van der Waals surface area contributed by atoms with Crippen LogP contribution in [0.3, 0.4) is 0 Å². The Kier molecular flexibility index (Phi) is 13.2. The zero-order chi connectivity index (χ0) is 31.2. The summed E-state index contributed by atoms with van der Waals surface area (Å²) in [6.45, 7) is 7.14. The fraction of sp³-hybridized carbons (Fsp3) is 0.633. The van der Waals surface area contributed by atoms with Gasteiger partial charge in [0.15, 0.2) is 0 Å². The third-order valence-electron chi connectivity index (χ3n) is 6.96. The minimum absolute atomic E-state index is 0.146. The van der Waals surface area contributed by atoms with Crippen LogP contribution < -0.4 is 26.6 Å². The molecular formula is C30H46N6O7. The molecule has 0 radical (unpaired) electrons. The molecule has 0 saturated carbocycles. The number of para-hydroxylation sites is 1. The van der Waals surface area contributed by atoms with Gasteiger partial charge in [-0.2, -0.15) is 0 Å². The Balaban J connectivity index is 1.64. The number of nitrogens with zero attached hydrogens (tertiary/aromatic N) is 1. The number of hydrogen-bond donors (Lipinski definition) is 5. The van der Waals surface area contributed by atoms with Crippen LogP contribution in [0.2, 0.25) is 0 Å². The van der Waals surface area contributed by atoms with E-state index in [1.807, 2.05) is 39.0 Å². The first-order valence-electron chi connectivity index (χ1n) is 14.9. The summed E-state index contributed by atoms with van der Waals surface area (Å²) in [5.74, 6) is -1.34. The maximum Gasteiger partial charge on any atom is 0.319 e. The average molecular weight is 603 g/mol. The first-order chi connectivity index (χ1) is 20.5. The van der Waals surface area contributed by atoms with E-state index in [1.165, 1.54) is 4.90 Å². The van der Waals surface area contributed by atoms with Gasteiger partial charge in [-0.15, -0.1) is 0 Å². The van der Waals surface area contributed by atoms with E-state index < -0.39 is 29.9 Å². The summed E-state index contributed by atoms with van der Waals surface area (Å²) in [7, 11) is 0. The van der Waals surface area contributed by atoms with E-state index in [0.717, 1.165) is 0 Å². The lowest BCUT2D eigenvalue weighted by Gasteiger charge is -2.28. The molecule has 2 aliphatic rings. The van der Waals surface area contributed by atoms with Gasteiger partial charge in [-0.25, -0.2) is 4.79 Å². The summed E-state index contributed by atoms with van der Waals surface area (Å²) in [5, 5.41) is 14.1. The number of rotatable bonds is 8. The number of carbonyl (C=O) groups excluding carboxylic acids is 5. The molecule has 0 spiro atoms. The minimum Gasteiger partial charge on any atom is -0.377 e. The van der Waals surface area contributed by atoms with Crippen LogP contribution in [-0.2, 0) is 28.7 Å². The topological polar surface area (TPSA) is 167 Å². The maximum atomic E-state index is 13.9. The molecule has 238 valence electrons. The van der Waals surface area contributed by atoms with Crippen molar-refractivity contribution >= 4 is 35.3 Å². The Labute approximate surface area is 253 Å². The number of fused-ring (bicyclic) bond motifs is 1. The monoisotopic (exact) mass is 602 g/mol. The molecule has 5 N–H and O–H groups in total. The van der Waals surface area contributed by atoms with Gasteiger partial charge in [0.1, 0.15) is 18.7 Å². The highest BCUT2D eigenvalue weighted by Crippen LogP contribution is 2.23. The van der Waals surface area contributed by atoms with Crippen LogP contribution in [0.4, 0.5) is 10.5 Å². The van der Waals surface area contributed by atoms with Gasteiger partial charge in [-0.1, -0.05) is 39.0 Å². The lowest BCUT2D eigenvalue weighted by atomic mass is 9.92. The number of hydrogen-bond acceptors (Lipinski definition) is 7. The molecule has 13 nitrogen and oxygen atoms in total. The molecule has 2 fully saturated rings. The number of anilines is 1. The quantitative estimate of drug-likeness (QED) is 0.278. The Morgan fingerprint density at radius 1 is 1.02 bits per heavy atom. The molecule has 3 rings (SSSR count). The standard InChI is InChI=1S/C30H46N6O7/c1-30(2,3)18-25(37)33-22-17-24-27(39)31-13-14-42-15-16-43-20-26(38)35-23(28(40)36(24)19-22)11-7-8-12-32-29(41)34-21-9-5-4-6-10-21/h4-6,9-10,22-24H,7-8,11-20H2,1-3H3,(H,31,39)(H,33,37)(H,35,38)(H2,32,34,41)/t22-,23-,24-/m0/s1. The fourth-order valence-electron chi connectivity index (χ4n) is 5.01. The Hall–Kier alpha value is -3.71. The second kappa shape index (κ2) is 16.8. The highest BCUT2D eigenvalue weighted by atomic mass is 16.5. The number of carbonyl (C=O) groups is 5. The van der Waals surface area contributed by atoms with Gasteiger partial charge in [-0.05, 0) is 43.2 Å². The minimum atomic E-state index is -0.907. The first kappa shape index (κ1) is 33.8. The summed E-state index contributed by atoms with van der Waals surface area (Å²) in [5.41, 5.74) is 0.462. The molecule has 0 aromatic heterocycles. The van der Waals surface area contributed by atoms with Gasteiger partial charge in [0.05, 0.1) is 19.8 Å². The van der Waals surface area contributed by atoms with E-state index in [2.05, 4.69) is 26.6 Å². The van der Waals surface area contributed by atoms with Crippen LogP contribution in [0, 0.1) is 5.41 Å². The zero-order valence-corrected chi connectivity index (χ0v) is 25.4. The van der Waals surface area contributed by atoms with Crippen LogP contribution in [0.25, 0.3) is 0 Å². The van der Waals surface area contributed by atoms with Crippen molar-refractivity contribution in [2.75, 3.05) is 51.4 Å². The van der Waals surface area contributed by atoms with Crippen LogP contribution in [0.1, 0.15) is 52.9 Å². The maximum absolute atomic E-state index is 13.9. The molecule has 0 unspecified atom stereocenters. The summed E-state index contributed by atoms with van der Waals surface area (Å²) < 4.78 is 10.8. The molecule has 3 atom stereocenters. The molecular weight excluding hydrogens is 556 g/mol. The third kappa shape index (κ3) is 12.2. The van der Waals surface area contributed by atoms with Crippen molar-refractivity contribution in [3.8, 4) is 0 Å². The lowest BCUT2D eigenvalue weighted by molar-refractivity contribution is -0.142. The Bertz CT molecular complexity index is 1090. The van der Waals surface area contributed by atoms with E-state index >= 15 is 0 Å². The lowest BCUT2D eigenvalue weighted by Crippen LogP contribution is -2.54. The molecule has 0 aliphatic carbocycles. The van der Waals surface area contributed by atoms with Gasteiger partial charge < -0.3 is 41.0 Å². The number of amides is 6. The van der Waals surface area contributed by atoms with Crippen LogP contribution in [0.5, 0.6) is 0 Å². The average Bonchev–Trinajstić information content (AvgIpc) is 3.35. The van der Waals surface area contributed by atoms with Gasteiger partial charge in [0.2, 0.25) is 23.6 Å². The highest BCUT2D eigenvalue weighted by molar-refractivity contribution is 5.93. The largest absolute Gasteiger partial charge is 0.377 e. The smallest absolute Gasteiger partial charge is 0.319 e. The SMILES string of the molecule is CC(C)(C)CC(=O)N[C@H]1C[C@H]2C(=O)NCCOCCOCC(=O)N[C@@H](CCCCNC(=O)Nc3ccccc3)C(=O)N2C1. The molecule has 13 heteroatoms. The fourth-order valence-corrected chi connectivity index (χ4v) is 5.01. The van der Waals surface area contributed by atoms with Crippen molar-refractivity contribution < 1.29 is 33.4 Å². The van der Waals surface area contributed by atoms with Crippen molar-refractivity contribution in [2.24, 2.45) is 5.41 Å². The number of nitrogens with one attached hydrogen (secondary N) is 5. The Morgan fingerprint density at radius 3 is 2.51 bits per heavy atom. The van der Waals surface area contributed by atoms with Gasteiger partial charge in [-0.3, -0.25) is 19.2 Å². The van der Waals surface area contributed by atoms with E-state index in [9.17, 15) is 24.0 Å². The number of benzene rings is 1. The van der Waals surface area contributed by atoms with Crippen molar-refractivity contribution in [3.05, 3.63) is 30.3 Å². The normalized spacial score (nSPS) is 22.3. The Morgan fingerprint density at radius 2 is 1.77 bits per heavy atom. The van der Waals surface area contributed by atoms with E-state index in [1.54, 1.807) is 12.1 Å². The van der Waals surface area contributed by atoms with Crippen LogP contribution in [0.15, 0.2) is 30.3 Å². The molecule has 6 amide bonds. The summed E-state index contributed by atoms with van der Waals surface area (Å²) in [4.78, 5) is 66.0. The summed E-state index contributed by atoms with van der Waals surface area (Å²) >= 11 is 0. The predicted octanol–water partition coefficient (Wildman–Crippen LogP) is 1.15. The number of ether oxygens (including phenoxy) is 2. The summed E-state index contributed by atoms with van der Waals surface area (Å²) in [6.07, 6.45) is 1.94. The summed E-state index contributed by atoms with van der Waals surface area (Å²) in [6, 6.07) is 6.61. The molecule has 1 aromatic carbocycles. The second-order valence-electron chi connectivity index (χ2n) is 12.1. The van der Waals surface area contributed by atoms with E-state index in [0.29, 0.717) is 37.9 Å². The molecule has 2 saturated heterocycles. The molecule has 43 heavy (non-hydrogen) atoms. The molecule has 2 aliphatic heterocycles. The third-order valence-corrected chi connectivity index (χ3v) is 6.96. The van der Waals surface area contributed by atoms with Gasteiger partial charge >= 0.3 is 6.03 Å². The number of unbranched alkanes of at least 4 members (excludes halogenated alkanes) is 1. The molecule has 1 aromatic rings. The van der Waals surface area contributed by atoms with Crippen molar-refractivity contribution in [3.63, 3.8) is 0 Å². The van der Waals surface area contributed by atoms with E-state index in [-0.39, 0.29) is 69.2 Å². The zero-order valence-electron chi connectivity index (χ0n) is 25.4. The molecule has 2 heterocycles. The van der Waals surface area contributed by atoms with Crippen LogP contribution in [-0.4, -0.2) is 98.7 Å². The van der Waals surface area contributed by atoms with Crippen molar-refractivity contribution in [1.29, 1.82) is 0 Å². The number of urea groups is 1. The van der Waals surface area contributed by atoms with Gasteiger partial charge in [0, 0.05) is 37.8 Å². The van der Waals surface area contributed by atoms with E-state index in [4.69, 9.17) is 9.47 Å². The molecule has 0 bridgehead atoms. The second-order valence-corrected chi connectivity index (χ2v) is 12.1. The van der Waals surface area contributed by atoms with Crippen molar-refractivity contribution in [2.45, 2.75) is 71.0 Å². The van der Waals surface area contributed by atoms with Crippen LogP contribution >= 0.6 is 0 Å².